The molecule has 1 aromatic heterocycles. The van der Waals surface area contributed by atoms with Crippen LogP contribution in [0.15, 0.2) is 22.6 Å². The maximum absolute atomic E-state index is 13.3. The van der Waals surface area contributed by atoms with Crippen LogP contribution in [0.5, 0.6) is 0 Å². The van der Waals surface area contributed by atoms with Crippen LogP contribution in [-0.4, -0.2) is 45.3 Å². The second kappa shape index (κ2) is 11.7. The molecule has 1 saturated carbocycles. The van der Waals surface area contributed by atoms with Gasteiger partial charge in [-0.25, -0.2) is 4.98 Å². The number of carbonyl (C=O) groups is 2. The number of allylic oxidation sites excluding steroid dienone is 1. The number of aliphatic hydroxyl groups is 2. The quantitative estimate of drug-likeness (QED) is 0.403. The number of nitrogens with zero attached hydrogens (tertiary/aromatic N) is 1. The molecule has 2 unspecified atom stereocenters. The Kier molecular flexibility index (Phi) is 9.30. The van der Waals surface area contributed by atoms with Gasteiger partial charge in [0, 0.05) is 24.3 Å². The van der Waals surface area contributed by atoms with E-state index in [4.69, 9.17) is 10.5 Å². The smallest absolute Gasteiger partial charge is 0.309 e. The summed E-state index contributed by atoms with van der Waals surface area (Å²) < 4.78 is 5.85. The van der Waals surface area contributed by atoms with Crippen LogP contribution in [0.4, 0.5) is 0 Å². The van der Waals surface area contributed by atoms with E-state index >= 15 is 0 Å². The molecule has 3 rings (SSSR count). The van der Waals surface area contributed by atoms with Crippen LogP contribution in [0.1, 0.15) is 77.9 Å². The van der Waals surface area contributed by atoms with Crippen molar-refractivity contribution in [1.29, 1.82) is 0 Å². The number of hydrogen-bond donors (Lipinski definition) is 3. The monoisotopic (exact) mass is 518 g/mol. The van der Waals surface area contributed by atoms with E-state index in [-0.39, 0.29) is 18.1 Å². The van der Waals surface area contributed by atoms with Crippen LogP contribution in [0.3, 0.4) is 0 Å². The van der Waals surface area contributed by atoms with Crippen molar-refractivity contribution in [3.8, 4) is 0 Å². The van der Waals surface area contributed by atoms with E-state index in [1.165, 1.54) is 16.9 Å². The van der Waals surface area contributed by atoms with Crippen molar-refractivity contribution in [3.05, 3.63) is 33.3 Å². The minimum absolute atomic E-state index is 0.0120. The van der Waals surface area contributed by atoms with E-state index in [0.29, 0.717) is 24.8 Å². The average Bonchev–Trinajstić information content (AvgIpc) is 3.44. The third-order valence-electron chi connectivity index (χ3n) is 8.11. The highest BCUT2D eigenvalue weighted by Gasteiger charge is 2.47. The van der Waals surface area contributed by atoms with Gasteiger partial charge in [0.2, 0.25) is 0 Å². The normalized spacial score (nSPS) is 36.0. The first-order valence-electron chi connectivity index (χ1n) is 12.9. The Morgan fingerprint density at radius 3 is 2.61 bits per heavy atom. The van der Waals surface area contributed by atoms with Gasteiger partial charge in [-0.1, -0.05) is 39.3 Å². The van der Waals surface area contributed by atoms with Crippen molar-refractivity contribution >= 4 is 29.2 Å². The summed E-state index contributed by atoms with van der Waals surface area (Å²) in [7, 11) is 0. The molecule has 0 aromatic carbocycles. The van der Waals surface area contributed by atoms with Crippen molar-refractivity contribution in [2.24, 2.45) is 34.8 Å². The lowest BCUT2D eigenvalue weighted by atomic mass is 9.72. The fourth-order valence-electron chi connectivity index (χ4n) is 5.33. The fourth-order valence-corrected chi connectivity index (χ4v) is 5.96. The zero-order valence-electron chi connectivity index (χ0n) is 22.4. The molecule has 0 spiro atoms. The summed E-state index contributed by atoms with van der Waals surface area (Å²) in [6, 6.07) is 0. The highest BCUT2D eigenvalue weighted by atomic mass is 32.1. The zero-order chi connectivity index (χ0) is 26.8. The molecular weight excluding hydrogens is 476 g/mol. The lowest BCUT2D eigenvalue weighted by Gasteiger charge is -2.34. The van der Waals surface area contributed by atoms with Gasteiger partial charge in [0.25, 0.3) is 0 Å². The standard InChI is InChI=1S/C28H42N2O5S/c1-15-7-8-22(16(2)10-20-14-36-24(13-29)30-20)35-25(32)12-23(31)28(5,6)27(34)18(4)26(33)17(3)21-11-19(21)9-15/h7,10,14,17-19,21-23,26,31,33H,8-9,11-13,29H2,1-6H3/b15-7-,16-10+/t17-,18+,19?,21?,22+,23-,26-/m0/s1. The molecule has 7 nitrogen and oxygen atoms in total. The summed E-state index contributed by atoms with van der Waals surface area (Å²) >= 11 is 1.49. The minimum Gasteiger partial charge on any atom is -0.457 e. The predicted molar refractivity (Wildman–Crippen MR) is 142 cm³/mol. The number of carbonyl (C=O) groups excluding carboxylic acids is 2. The van der Waals surface area contributed by atoms with Gasteiger partial charge in [-0.3, -0.25) is 9.59 Å². The van der Waals surface area contributed by atoms with Gasteiger partial charge >= 0.3 is 5.97 Å². The Labute approximate surface area is 218 Å². The van der Waals surface area contributed by atoms with E-state index in [2.05, 4.69) is 18.0 Å². The summed E-state index contributed by atoms with van der Waals surface area (Å²) in [6.07, 6.45) is 3.66. The molecule has 36 heavy (non-hydrogen) atoms. The Balaban J connectivity index is 1.88. The van der Waals surface area contributed by atoms with Gasteiger partial charge in [0.15, 0.2) is 0 Å². The number of aromatic nitrogens is 1. The van der Waals surface area contributed by atoms with Gasteiger partial charge < -0.3 is 20.7 Å². The Hall–Kier alpha value is -1.87. The van der Waals surface area contributed by atoms with E-state index in [0.717, 1.165) is 29.1 Å². The number of rotatable bonds is 3. The molecule has 2 heterocycles. The summed E-state index contributed by atoms with van der Waals surface area (Å²) in [5.74, 6) is -0.611. The fraction of sp³-hybridized carbons (Fsp3) is 0.679. The van der Waals surface area contributed by atoms with E-state index in [1.807, 2.05) is 25.3 Å². The highest BCUT2D eigenvalue weighted by molar-refractivity contribution is 7.09. The van der Waals surface area contributed by atoms with E-state index in [9.17, 15) is 19.8 Å². The first-order valence-corrected chi connectivity index (χ1v) is 13.8. The molecule has 200 valence electrons. The molecule has 7 atom stereocenters. The summed E-state index contributed by atoms with van der Waals surface area (Å²) in [4.78, 5) is 30.7. The van der Waals surface area contributed by atoms with Gasteiger partial charge in [0.1, 0.15) is 16.9 Å². The number of Topliss-reactive ketones (excluding diaryl/α,β-unsaturated/α-hetero) is 1. The van der Waals surface area contributed by atoms with Crippen molar-refractivity contribution in [1.82, 2.24) is 4.98 Å². The van der Waals surface area contributed by atoms with Crippen LogP contribution in [-0.2, 0) is 20.9 Å². The van der Waals surface area contributed by atoms with Crippen molar-refractivity contribution < 1.29 is 24.5 Å². The summed E-state index contributed by atoms with van der Waals surface area (Å²) in [6.45, 7) is 11.4. The van der Waals surface area contributed by atoms with Crippen LogP contribution in [0.2, 0.25) is 0 Å². The van der Waals surface area contributed by atoms with Crippen LogP contribution < -0.4 is 5.73 Å². The molecule has 1 aliphatic carbocycles. The van der Waals surface area contributed by atoms with E-state index < -0.39 is 35.6 Å². The largest absolute Gasteiger partial charge is 0.457 e. The minimum atomic E-state index is -1.23. The number of fused-ring (bicyclic) bond motifs is 1. The number of aliphatic hydroxyl groups excluding tert-OH is 2. The van der Waals surface area contributed by atoms with Crippen LogP contribution in [0, 0.1) is 29.1 Å². The first kappa shape index (κ1) is 28.7. The Bertz CT molecular complexity index is 1010. The second-order valence-corrected chi connectivity index (χ2v) is 12.3. The molecule has 0 radical (unpaired) electrons. The number of ketones is 1. The number of thiazole rings is 1. The van der Waals surface area contributed by atoms with Gasteiger partial charge in [-0.05, 0) is 56.1 Å². The van der Waals surface area contributed by atoms with Crippen molar-refractivity contribution in [2.45, 2.75) is 92.1 Å². The molecule has 1 fully saturated rings. The molecule has 0 amide bonds. The third-order valence-corrected chi connectivity index (χ3v) is 9.00. The Morgan fingerprint density at radius 1 is 1.28 bits per heavy atom. The lowest BCUT2D eigenvalue weighted by Crippen LogP contribution is -2.46. The maximum atomic E-state index is 13.3. The van der Waals surface area contributed by atoms with E-state index in [1.54, 1.807) is 20.8 Å². The van der Waals surface area contributed by atoms with Gasteiger partial charge in [-0.2, -0.15) is 0 Å². The van der Waals surface area contributed by atoms with Crippen molar-refractivity contribution in [3.63, 3.8) is 0 Å². The number of cyclic esters (lactones) is 1. The maximum Gasteiger partial charge on any atom is 0.309 e. The molecular formula is C28H42N2O5S. The SMILES string of the molecule is C/C1=C/C[C@H](/C(C)=C/c2csc(CN)n2)OC(=O)C[C@H](O)C(C)(C)C(=O)[C@H](C)[C@@H](O)[C@@H](C)C2CC2C1. The zero-order valence-corrected chi connectivity index (χ0v) is 23.2. The molecule has 0 bridgehead atoms. The molecule has 8 heteroatoms. The number of nitrogens with two attached hydrogens (primary N) is 1. The van der Waals surface area contributed by atoms with Crippen LogP contribution in [0.25, 0.3) is 6.08 Å². The topological polar surface area (TPSA) is 123 Å². The third kappa shape index (κ3) is 6.71. The summed E-state index contributed by atoms with van der Waals surface area (Å²) in [5.41, 5.74) is 7.33. The molecule has 4 N–H and O–H groups in total. The highest BCUT2D eigenvalue weighted by Crippen LogP contribution is 2.50. The number of ether oxygens (including phenoxy) is 1. The second-order valence-electron chi connectivity index (χ2n) is 11.3. The average molecular weight is 519 g/mol. The molecule has 0 saturated heterocycles. The molecule has 2 aliphatic rings. The predicted octanol–water partition coefficient (Wildman–Crippen LogP) is 4.27. The Morgan fingerprint density at radius 2 is 1.97 bits per heavy atom. The molecule has 1 aliphatic heterocycles. The summed E-state index contributed by atoms with van der Waals surface area (Å²) in [5, 5.41) is 24.6. The number of hydrogen-bond acceptors (Lipinski definition) is 8. The van der Waals surface area contributed by atoms with Gasteiger partial charge in [0.05, 0.1) is 29.7 Å². The molecule has 1 aromatic rings. The number of esters is 1. The van der Waals surface area contributed by atoms with Crippen LogP contribution >= 0.6 is 11.3 Å². The van der Waals surface area contributed by atoms with Gasteiger partial charge in [-0.15, -0.1) is 11.3 Å². The lowest BCUT2D eigenvalue weighted by molar-refractivity contribution is -0.154. The van der Waals surface area contributed by atoms with Crippen molar-refractivity contribution in [2.75, 3.05) is 0 Å². The first-order chi connectivity index (χ1) is 16.8.